The molecule has 4 rings (SSSR count). The monoisotopic (exact) mass is 393 g/mol. The van der Waals surface area contributed by atoms with E-state index >= 15 is 0 Å². The number of nitrogens with zero attached hydrogens (tertiary/aromatic N) is 2. The summed E-state index contributed by atoms with van der Waals surface area (Å²) in [7, 11) is 0. The standard InChI is InChI=1S/C20H12ClN3O4/c21-16-9-8-13(22-19(25)12-4-3-5-14(10-12)24(26)27)11-15(16)20-23-17-6-1-2-7-18(17)28-20/h1-11H,(H,22,25). The lowest BCUT2D eigenvalue weighted by Crippen LogP contribution is -2.12. The highest BCUT2D eigenvalue weighted by atomic mass is 35.5. The van der Waals surface area contributed by atoms with E-state index in [9.17, 15) is 14.9 Å². The molecule has 0 aliphatic heterocycles. The van der Waals surface area contributed by atoms with Crippen molar-refractivity contribution >= 4 is 40.0 Å². The van der Waals surface area contributed by atoms with Crippen LogP contribution in [0.2, 0.25) is 5.02 Å². The summed E-state index contributed by atoms with van der Waals surface area (Å²) in [5, 5.41) is 14.0. The highest BCUT2D eigenvalue weighted by Gasteiger charge is 2.15. The van der Waals surface area contributed by atoms with Crippen molar-refractivity contribution in [3.63, 3.8) is 0 Å². The molecule has 1 aromatic heterocycles. The summed E-state index contributed by atoms with van der Waals surface area (Å²) < 4.78 is 5.74. The normalized spacial score (nSPS) is 10.8. The lowest BCUT2D eigenvalue weighted by atomic mass is 10.1. The summed E-state index contributed by atoms with van der Waals surface area (Å²) in [6, 6.07) is 17.7. The van der Waals surface area contributed by atoms with E-state index in [0.717, 1.165) is 0 Å². The van der Waals surface area contributed by atoms with Gasteiger partial charge in [0.05, 0.1) is 15.5 Å². The van der Waals surface area contributed by atoms with Crippen molar-refractivity contribution in [3.8, 4) is 11.5 Å². The number of rotatable bonds is 4. The molecular formula is C20H12ClN3O4. The van der Waals surface area contributed by atoms with Crippen LogP contribution in [0.5, 0.6) is 0 Å². The fourth-order valence-corrected chi connectivity index (χ4v) is 2.92. The number of para-hydroxylation sites is 2. The Morgan fingerprint density at radius 2 is 1.89 bits per heavy atom. The first-order chi connectivity index (χ1) is 13.5. The van der Waals surface area contributed by atoms with Crippen LogP contribution in [0.3, 0.4) is 0 Å². The van der Waals surface area contributed by atoms with E-state index in [-0.39, 0.29) is 11.3 Å². The molecule has 138 valence electrons. The first-order valence-corrected chi connectivity index (χ1v) is 8.60. The Morgan fingerprint density at radius 3 is 2.68 bits per heavy atom. The second-order valence-electron chi connectivity index (χ2n) is 5.94. The van der Waals surface area contributed by atoms with Crippen molar-refractivity contribution < 1.29 is 14.1 Å². The van der Waals surface area contributed by atoms with Gasteiger partial charge in [-0.05, 0) is 36.4 Å². The smallest absolute Gasteiger partial charge is 0.270 e. The van der Waals surface area contributed by atoms with Crippen molar-refractivity contribution in [2.24, 2.45) is 0 Å². The van der Waals surface area contributed by atoms with Crippen molar-refractivity contribution in [1.29, 1.82) is 0 Å². The third-order valence-electron chi connectivity index (χ3n) is 4.07. The predicted octanol–water partition coefficient (Wildman–Crippen LogP) is 5.31. The number of amides is 1. The van der Waals surface area contributed by atoms with Crippen molar-refractivity contribution in [2.45, 2.75) is 0 Å². The van der Waals surface area contributed by atoms with Crippen molar-refractivity contribution in [2.75, 3.05) is 5.32 Å². The molecule has 0 unspecified atom stereocenters. The highest BCUT2D eigenvalue weighted by molar-refractivity contribution is 6.33. The number of hydrogen-bond acceptors (Lipinski definition) is 5. The third-order valence-corrected chi connectivity index (χ3v) is 4.40. The molecule has 0 saturated carbocycles. The summed E-state index contributed by atoms with van der Waals surface area (Å²) in [5.74, 6) is -0.146. The SMILES string of the molecule is O=C(Nc1ccc(Cl)c(-c2nc3ccccc3o2)c1)c1cccc([N+](=O)[O-])c1. The van der Waals surface area contributed by atoms with Gasteiger partial charge in [0.1, 0.15) is 5.52 Å². The van der Waals surface area contributed by atoms with Crippen molar-refractivity contribution in [3.05, 3.63) is 87.4 Å². The summed E-state index contributed by atoms with van der Waals surface area (Å²) >= 11 is 6.28. The van der Waals surface area contributed by atoms with Gasteiger partial charge in [0.15, 0.2) is 5.58 Å². The van der Waals surface area contributed by atoms with E-state index < -0.39 is 10.8 Å². The fourth-order valence-electron chi connectivity index (χ4n) is 2.72. The van der Waals surface area contributed by atoms with E-state index in [2.05, 4.69) is 10.3 Å². The Balaban J connectivity index is 1.64. The Labute approximate surface area is 163 Å². The number of halogens is 1. The molecule has 0 aliphatic rings. The molecule has 0 saturated heterocycles. The van der Waals surface area contributed by atoms with Gasteiger partial charge in [0, 0.05) is 23.4 Å². The molecule has 1 N–H and O–H groups in total. The van der Waals surface area contributed by atoms with Gasteiger partial charge in [0.25, 0.3) is 11.6 Å². The lowest BCUT2D eigenvalue weighted by Gasteiger charge is -2.07. The maximum Gasteiger partial charge on any atom is 0.270 e. The lowest BCUT2D eigenvalue weighted by molar-refractivity contribution is -0.384. The zero-order chi connectivity index (χ0) is 19.7. The average molecular weight is 394 g/mol. The number of anilines is 1. The van der Waals surface area contributed by atoms with Crippen LogP contribution in [0.25, 0.3) is 22.6 Å². The first kappa shape index (κ1) is 17.7. The van der Waals surface area contributed by atoms with Crippen LogP contribution >= 0.6 is 11.6 Å². The molecule has 7 nitrogen and oxygen atoms in total. The largest absolute Gasteiger partial charge is 0.436 e. The number of nitro groups is 1. The van der Waals surface area contributed by atoms with E-state index in [0.29, 0.717) is 33.3 Å². The molecule has 1 amide bonds. The number of aromatic nitrogens is 1. The van der Waals surface area contributed by atoms with Gasteiger partial charge in [-0.2, -0.15) is 0 Å². The van der Waals surface area contributed by atoms with Gasteiger partial charge in [-0.25, -0.2) is 4.98 Å². The molecule has 1 heterocycles. The summed E-state index contributed by atoms with van der Waals surface area (Å²) in [4.78, 5) is 27.2. The van der Waals surface area contributed by atoms with Gasteiger partial charge < -0.3 is 9.73 Å². The van der Waals surface area contributed by atoms with E-state index in [1.807, 2.05) is 18.2 Å². The summed E-state index contributed by atoms with van der Waals surface area (Å²) in [6.45, 7) is 0. The number of benzene rings is 3. The van der Waals surface area contributed by atoms with Crippen LogP contribution < -0.4 is 5.32 Å². The molecule has 4 aromatic rings. The fraction of sp³-hybridized carbons (Fsp3) is 0. The van der Waals surface area contributed by atoms with Crippen LogP contribution in [-0.4, -0.2) is 15.8 Å². The number of fused-ring (bicyclic) bond motifs is 1. The van der Waals surface area contributed by atoms with Crippen LogP contribution in [0.1, 0.15) is 10.4 Å². The number of nitrogens with one attached hydrogen (secondary N) is 1. The zero-order valence-corrected chi connectivity index (χ0v) is 15.0. The maximum absolute atomic E-state index is 12.5. The van der Waals surface area contributed by atoms with Gasteiger partial charge in [-0.3, -0.25) is 14.9 Å². The summed E-state index contributed by atoms with van der Waals surface area (Å²) in [5.41, 5.74) is 2.32. The minimum Gasteiger partial charge on any atom is -0.436 e. The maximum atomic E-state index is 12.5. The molecular weight excluding hydrogens is 382 g/mol. The zero-order valence-electron chi connectivity index (χ0n) is 14.3. The molecule has 0 atom stereocenters. The Kier molecular flexibility index (Phi) is 4.50. The molecule has 0 aliphatic carbocycles. The highest BCUT2D eigenvalue weighted by Crippen LogP contribution is 2.32. The molecule has 0 fully saturated rings. The Hall–Kier alpha value is -3.71. The minimum atomic E-state index is -0.551. The van der Waals surface area contributed by atoms with Crippen LogP contribution in [0.4, 0.5) is 11.4 Å². The van der Waals surface area contributed by atoms with Crippen LogP contribution in [0, 0.1) is 10.1 Å². The number of carbonyl (C=O) groups excluding carboxylic acids is 1. The first-order valence-electron chi connectivity index (χ1n) is 8.22. The number of nitro benzene ring substituents is 1. The Morgan fingerprint density at radius 1 is 1.07 bits per heavy atom. The molecule has 0 radical (unpaired) electrons. The van der Waals surface area contributed by atoms with Gasteiger partial charge in [0.2, 0.25) is 5.89 Å². The predicted molar refractivity (Wildman–Crippen MR) is 106 cm³/mol. The minimum absolute atomic E-state index is 0.157. The topological polar surface area (TPSA) is 98.3 Å². The molecule has 0 spiro atoms. The van der Waals surface area contributed by atoms with Gasteiger partial charge >= 0.3 is 0 Å². The summed E-state index contributed by atoms with van der Waals surface area (Å²) in [6.07, 6.45) is 0. The average Bonchev–Trinajstić information content (AvgIpc) is 3.13. The molecule has 3 aromatic carbocycles. The van der Waals surface area contributed by atoms with Crippen LogP contribution in [-0.2, 0) is 0 Å². The van der Waals surface area contributed by atoms with Crippen LogP contribution in [0.15, 0.2) is 71.1 Å². The number of non-ortho nitro benzene ring substituents is 1. The second-order valence-corrected chi connectivity index (χ2v) is 6.35. The van der Waals surface area contributed by atoms with E-state index in [4.69, 9.17) is 16.0 Å². The molecule has 0 bridgehead atoms. The van der Waals surface area contributed by atoms with E-state index in [1.165, 1.54) is 24.3 Å². The molecule has 28 heavy (non-hydrogen) atoms. The molecule has 8 heteroatoms. The van der Waals surface area contributed by atoms with E-state index in [1.54, 1.807) is 24.3 Å². The number of carbonyl (C=O) groups is 1. The van der Waals surface area contributed by atoms with Crippen molar-refractivity contribution in [1.82, 2.24) is 4.98 Å². The number of hydrogen-bond donors (Lipinski definition) is 1. The van der Waals surface area contributed by atoms with Gasteiger partial charge in [-0.15, -0.1) is 0 Å². The van der Waals surface area contributed by atoms with Gasteiger partial charge in [-0.1, -0.05) is 29.8 Å². The Bertz CT molecular complexity index is 1190. The quantitative estimate of drug-likeness (QED) is 0.374. The number of oxazole rings is 1. The third kappa shape index (κ3) is 3.43. The second kappa shape index (κ2) is 7.13.